The van der Waals surface area contributed by atoms with Crippen LogP contribution in [0.2, 0.25) is 0 Å². The molecular weight excluding hydrogens is 549 g/mol. The van der Waals surface area contributed by atoms with Crippen molar-refractivity contribution in [3.05, 3.63) is 35.6 Å². The van der Waals surface area contributed by atoms with Crippen LogP contribution in [0.3, 0.4) is 0 Å². The van der Waals surface area contributed by atoms with Gasteiger partial charge in [-0.15, -0.1) is 0 Å². The number of ether oxygens (including phenoxy) is 1. The number of hydrogen-bond donors (Lipinski definition) is 2. The Morgan fingerprint density at radius 3 is 2.48 bits per heavy atom. The summed E-state index contributed by atoms with van der Waals surface area (Å²) < 4.78 is 4.94. The molecule has 1 radical (unpaired) electrons. The number of thiocarbonyl (C=S) groups is 1. The summed E-state index contributed by atoms with van der Waals surface area (Å²) in [6.45, 7) is 0.350. The van der Waals surface area contributed by atoms with Gasteiger partial charge in [0.05, 0.1) is 12.1 Å². The van der Waals surface area contributed by atoms with Gasteiger partial charge in [0.15, 0.2) is 0 Å². The van der Waals surface area contributed by atoms with E-state index in [0.717, 1.165) is 37.7 Å². The molecule has 5 nitrogen and oxygen atoms in total. The summed E-state index contributed by atoms with van der Waals surface area (Å²) in [5.41, 5.74) is 14.9. The molecule has 1 unspecified atom stereocenters. The van der Waals surface area contributed by atoms with Crippen LogP contribution in [0.15, 0.2) is 24.3 Å². The van der Waals surface area contributed by atoms with Crippen LogP contribution in [0, 0.1) is 49.5 Å². The van der Waals surface area contributed by atoms with Gasteiger partial charge in [-0.3, -0.25) is 0 Å². The van der Waals surface area contributed by atoms with E-state index in [-0.39, 0.29) is 55.4 Å². The first-order valence-electron chi connectivity index (χ1n) is 8.38. The molecule has 1 aliphatic carbocycles. The second-order valence-corrected chi connectivity index (χ2v) is 6.89. The van der Waals surface area contributed by atoms with Gasteiger partial charge in [-0.05, 0) is 30.5 Å². The van der Waals surface area contributed by atoms with Crippen LogP contribution >= 0.6 is 12.2 Å². The number of anilines is 1. The zero-order valence-corrected chi connectivity index (χ0v) is 20.3. The maximum absolute atomic E-state index is 12.2. The van der Waals surface area contributed by atoms with E-state index in [0.29, 0.717) is 23.6 Å². The monoisotopic (exact) mass is 575 g/mol. The van der Waals surface area contributed by atoms with E-state index in [9.17, 15) is 4.79 Å². The molecule has 0 aliphatic heterocycles. The van der Waals surface area contributed by atoms with Crippen LogP contribution in [0.25, 0.3) is 5.73 Å². The van der Waals surface area contributed by atoms with Crippen molar-refractivity contribution in [2.75, 3.05) is 19.4 Å². The summed E-state index contributed by atoms with van der Waals surface area (Å²) in [7, 11) is 1.39. The second-order valence-electron chi connectivity index (χ2n) is 6.48. The van der Waals surface area contributed by atoms with Gasteiger partial charge in [0.25, 0.3) is 0 Å². The normalized spacial score (nSPS) is 16.6. The largest absolute Gasteiger partial charge is 0.677 e. The Morgan fingerprint density at radius 1 is 1.36 bits per heavy atom. The molecule has 4 N–H and O–H groups in total. The van der Waals surface area contributed by atoms with E-state index >= 15 is 0 Å². The average Bonchev–Trinajstić information content (AvgIpc) is 3.05. The number of nitrogens with two attached hydrogens (primary N) is 1. The van der Waals surface area contributed by atoms with Crippen molar-refractivity contribution < 1.29 is 53.6 Å². The number of benzene rings is 1. The van der Waals surface area contributed by atoms with Gasteiger partial charge >= 0.3 is 5.97 Å². The quantitative estimate of drug-likeness (QED) is 0.296. The summed E-state index contributed by atoms with van der Waals surface area (Å²) in [4.78, 5) is 12.9. The van der Waals surface area contributed by atoms with E-state index in [1.165, 1.54) is 7.11 Å². The third-order valence-corrected chi connectivity index (χ3v) is 5.41. The Morgan fingerprint density at radius 2 is 1.96 bits per heavy atom. The molecule has 0 heterocycles. The Hall–Kier alpha value is -0.218. The predicted molar refractivity (Wildman–Crippen MR) is 101 cm³/mol. The maximum Gasteiger partial charge on any atom is 0.328 e. The zero-order chi connectivity index (χ0) is 17.6. The molecule has 1 aliphatic rings. The Balaban J connectivity index is 0.00000312. The van der Waals surface area contributed by atoms with Crippen LogP contribution in [0.5, 0.6) is 0 Å². The fourth-order valence-electron chi connectivity index (χ4n) is 3.42. The van der Waals surface area contributed by atoms with Crippen LogP contribution in [-0.4, -0.2) is 30.7 Å². The topological polar surface area (TPSA) is 88.1 Å². The molecule has 0 saturated heterocycles. The van der Waals surface area contributed by atoms with Crippen molar-refractivity contribution in [1.82, 2.24) is 5.32 Å². The van der Waals surface area contributed by atoms with Gasteiger partial charge in [0.1, 0.15) is 6.04 Å². The third kappa shape index (κ3) is 6.16. The van der Waals surface area contributed by atoms with Gasteiger partial charge in [0, 0.05) is 61.6 Å². The molecule has 1 saturated carbocycles. The van der Waals surface area contributed by atoms with Crippen molar-refractivity contribution in [2.24, 2.45) is 5.41 Å². The van der Waals surface area contributed by atoms with Crippen molar-refractivity contribution in [3.63, 3.8) is 0 Å². The van der Waals surface area contributed by atoms with E-state index in [1.807, 2.05) is 24.3 Å². The number of carbonyl (C=O) groups is 1. The Bertz CT molecular complexity index is 574. The minimum absolute atomic E-state index is 0. The van der Waals surface area contributed by atoms with Gasteiger partial charge < -0.3 is 21.5 Å². The molecule has 1 atom stereocenters. The summed E-state index contributed by atoms with van der Waals surface area (Å²) in [6.07, 6.45) is 5.48. The van der Waals surface area contributed by atoms with Gasteiger partial charge in [-0.1, -0.05) is 43.6 Å². The Labute approximate surface area is 191 Å². The summed E-state index contributed by atoms with van der Waals surface area (Å²) in [5.74, 6) is -0.326. The molecule has 0 amide bonds. The van der Waals surface area contributed by atoms with Crippen molar-refractivity contribution in [2.45, 2.75) is 44.6 Å². The summed E-state index contributed by atoms with van der Waals surface area (Å²) in [5, 5.41) is 3.24. The number of rotatable bonds is 7. The molecular formula is C18H26AcN3O2S-. The molecule has 25 heavy (non-hydrogen) atoms. The third-order valence-electron chi connectivity index (χ3n) is 4.86. The first kappa shape index (κ1) is 22.8. The minimum Gasteiger partial charge on any atom is -0.677 e. The first-order chi connectivity index (χ1) is 11.5. The minimum atomic E-state index is -0.519. The van der Waals surface area contributed by atoms with E-state index in [1.54, 1.807) is 0 Å². The smallest absolute Gasteiger partial charge is 0.328 e. The van der Waals surface area contributed by atoms with Gasteiger partial charge in [0.2, 0.25) is 0 Å². The summed E-state index contributed by atoms with van der Waals surface area (Å²) in [6, 6.07) is 6.94. The van der Waals surface area contributed by atoms with E-state index < -0.39 is 6.04 Å². The van der Waals surface area contributed by atoms with E-state index in [4.69, 9.17) is 28.4 Å². The SMILES string of the molecule is COC(=O)C(Cc1ccc(N)cc1)NC(=S)C1(CC[NH-])CCCC1.[Ac]. The number of carbonyl (C=O) groups excluding carboxylic acids is 1. The molecule has 0 aromatic heterocycles. The molecule has 135 valence electrons. The summed E-state index contributed by atoms with van der Waals surface area (Å²) >= 11 is 5.65. The molecule has 0 bridgehead atoms. The standard InChI is InChI=1S/C18H26N3O2S.Ac/c1-23-16(22)15(12-13-4-6-14(20)7-5-13)21-17(24)18(10-11-19)8-2-3-9-18;/h4-7,15,19H,2-3,8-12,20H2,1H3,(H,21,24);/q-1;. The zero-order valence-electron chi connectivity index (χ0n) is 14.7. The molecule has 1 aromatic rings. The van der Waals surface area contributed by atoms with Crippen LogP contribution < -0.4 is 11.1 Å². The van der Waals surface area contributed by atoms with E-state index in [2.05, 4.69) is 5.32 Å². The number of nitrogen functional groups attached to an aromatic ring is 1. The van der Waals surface area contributed by atoms with Crippen LogP contribution in [0.4, 0.5) is 5.69 Å². The van der Waals surface area contributed by atoms with Crippen molar-refractivity contribution in [3.8, 4) is 0 Å². The number of nitrogens with one attached hydrogen (secondary N) is 2. The molecule has 1 fully saturated rings. The van der Waals surface area contributed by atoms with Gasteiger partial charge in [-0.25, -0.2) is 4.79 Å². The fourth-order valence-corrected chi connectivity index (χ4v) is 3.87. The number of methoxy groups -OCH3 is 1. The maximum atomic E-state index is 12.2. The molecule has 7 heteroatoms. The molecule has 0 spiro atoms. The van der Waals surface area contributed by atoms with Crippen molar-refractivity contribution in [1.29, 1.82) is 0 Å². The second kappa shape index (κ2) is 10.8. The van der Waals surface area contributed by atoms with Crippen LogP contribution in [0.1, 0.15) is 37.7 Å². The Kier molecular flexibility index (Phi) is 9.87. The fraction of sp³-hybridized carbons (Fsp3) is 0.556. The number of esters is 1. The molecule has 2 rings (SSSR count). The van der Waals surface area contributed by atoms with Crippen LogP contribution in [-0.2, 0) is 16.0 Å². The van der Waals surface area contributed by atoms with Gasteiger partial charge in [-0.2, -0.15) is 6.54 Å². The average molecular weight is 575 g/mol. The van der Waals surface area contributed by atoms with Crippen molar-refractivity contribution >= 4 is 28.9 Å². The first-order valence-corrected chi connectivity index (χ1v) is 8.79. The number of hydrogen-bond acceptors (Lipinski definition) is 4. The predicted octanol–water partition coefficient (Wildman–Crippen LogP) is 3.27. The molecule has 1 aromatic carbocycles.